The van der Waals surface area contributed by atoms with Crippen LogP contribution in [0.2, 0.25) is 0 Å². The molecule has 3 rings (SSSR count). The van der Waals surface area contributed by atoms with Gasteiger partial charge < -0.3 is 9.05 Å². The minimum absolute atomic E-state index is 0.555. The fourth-order valence-electron chi connectivity index (χ4n) is 4.76. The number of phosphoric ester groups is 1. The van der Waals surface area contributed by atoms with Gasteiger partial charge >= 0.3 is 7.82 Å². The molecule has 0 saturated carbocycles. The van der Waals surface area contributed by atoms with E-state index in [0.29, 0.717) is 17.9 Å². The first-order valence-corrected chi connectivity index (χ1v) is 14.9. The molecule has 1 aliphatic rings. The van der Waals surface area contributed by atoms with Gasteiger partial charge in [-0.1, -0.05) is 77.6 Å². The van der Waals surface area contributed by atoms with E-state index in [2.05, 4.69) is 52.0 Å². The van der Waals surface area contributed by atoms with E-state index in [1.165, 1.54) is 11.1 Å². The number of unbranched alkanes of at least 4 members (excludes halogenated alkanes) is 4. The predicted octanol–water partition coefficient (Wildman–Crippen LogP) is 8.52. The van der Waals surface area contributed by atoms with Gasteiger partial charge in [-0.2, -0.15) is 0 Å². The van der Waals surface area contributed by atoms with Gasteiger partial charge in [0.25, 0.3) is 0 Å². The second-order valence-electron chi connectivity index (χ2n) is 9.73. The van der Waals surface area contributed by atoms with Crippen molar-refractivity contribution in [1.82, 2.24) is 0 Å². The molecule has 2 aromatic carbocycles. The first kappa shape index (κ1) is 26.8. The number of rotatable bonds is 12. The fraction of sp³-hybridized carbons (Fsp3) is 0.586. The van der Waals surface area contributed by atoms with E-state index < -0.39 is 7.82 Å². The van der Waals surface area contributed by atoms with Crippen LogP contribution >= 0.6 is 7.82 Å². The zero-order valence-corrected chi connectivity index (χ0v) is 22.5. The Morgan fingerprint density at radius 2 is 1.06 bits per heavy atom. The van der Waals surface area contributed by atoms with Gasteiger partial charge in [0.2, 0.25) is 0 Å². The van der Waals surface area contributed by atoms with Crippen LogP contribution in [0.5, 0.6) is 11.5 Å². The highest BCUT2D eigenvalue weighted by Gasteiger charge is 2.33. The molecule has 0 atom stereocenters. The van der Waals surface area contributed by atoms with Crippen molar-refractivity contribution in [1.29, 1.82) is 0 Å². The summed E-state index contributed by atoms with van der Waals surface area (Å²) in [5.41, 5.74) is 6.65. The molecule has 1 aliphatic heterocycles. The van der Waals surface area contributed by atoms with Crippen molar-refractivity contribution in [2.24, 2.45) is 0 Å². The molecule has 0 aromatic heterocycles. The molecule has 0 aliphatic carbocycles. The molecule has 188 valence electrons. The topological polar surface area (TPSA) is 55.8 Å². The lowest BCUT2D eigenvalue weighted by Gasteiger charge is -2.26. The normalized spacial score (nSPS) is 14.4. The fourth-order valence-corrected chi connectivity index (χ4v) is 5.73. The van der Waals surface area contributed by atoms with Crippen molar-refractivity contribution in [3.05, 3.63) is 57.6 Å². The maximum atomic E-state index is 13.2. The molecule has 0 radical (unpaired) electrons. The molecule has 0 saturated heterocycles. The first-order chi connectivity index (χ1) is 16.4. The summed E-state index contributed by atoms with van der Waals surface area (Å²) in [6, 6.07) is 8.74. The number of hydrogen-bond donors (Lipinski definition) is 1. The van der Waals surface area contributed by atoms with E-state index in [1.807, 2.05) is 0 Å². The van der Waals surface area contributed by atoms with E-state index in [0.717, 1.165) is 99.3 Å². The Kier molecular flexibility index (Phi) is 10.1. The van der Waals surface area contributed by atoms with Gasteiger partial charge in [0, 0.05) is 6.42 Å². The van der Waals surface area contributed by atoms with Crippen LogP contribution in [-0.2, 0) is 36.7 Å². The highest BCUT2D eigenvalue weighted by atomic mass is 31.2. The molecule has 4 nitrogen and oxygen atoms in total. The van der Waals surface area contributed by atoms with Gasteiger partial charge in [-0.05, 0) is 84.7 Å². The lowest BCUT2D eigenvalue weighted by molar-refractivity contribution is 0.284. The van der Waals surface area contributed by atoms with Crippen LogP contribution in [0.15, 0.2) is 24.3 Å². The van der Waals surface area contributed by atoms with E-state index in [1.54, 1.807) is 0 Å². The van der Waals surface area contributed by atoms with Crippen molar-refractivity contribution in [3.63, 3.8) is 0 Å². The van der Waals surface area contributed by atoms with Gasteiger partial charge in [-0.15, -0.1) is 0 Å². The molecule has 2 aromatic rings. The Bertz CT molecular complexity index is 923. The quantitative estimate of drug-likeness (QED) is 0.306. The molecule has 1 heterocycles. The maximum absolute atomic E-state index is 13.2. The predicted molar refractivity (Wildman–Crippen MR) is 141 cm³/mol. The number of hydrogen-bond acceptors (Lipinski definition) is 3. The van der Waals surface area contributed by atoms with Crippen LogP contribution in [0.4, 0.5) is 0 Å². The second kappa shape index (κ2) is 12.8. The van der Waals surface area contributed by atoms with Crippen LogP contribution in [0.1, 0.15) is 112 Å². The number of benzene rings is 2. The van der Waals surface area contributed by atoms with Crippen molar-refractivity contribution in [2.75, 3.05) is 0 Å². The lowest BCUT2D eigenvalue weighted by atomic mass is 9.91. The average Bonchev–Trinajstić information content (AvgIpc) is 2.80. The van der Waals surface area contributed by atoms with E-state index in [9.17, 15) is 9.46 Å². The van der Waals surface area contributed by atoms with Gasteiger partial charge in [0.1, 0.15) is 11.5 Å². The van der Waals surface area contributed by atoms with E-state index in [-0.39, 0.29) is 0 Å². The maximum Gasteiger partial charge on any atom is 0.584 e. The third-order valence-corrected chi connectivity index (χ3v) is 7.46. The highest BCUT2D eigenvalue weighted by Crippen LogP contribution is 2.51. The Labute approximate surface area is 206 Å². The Hall–Kier alpha value is -1.77. The number of fused-ring (bicyclic) bond motifs is 2. The third kappa shape index (κ3) is 7.12. The lowest BCUT2D eigenvalue weighted by Crippen LogP contribution is -2.12. The zero-order chi connectivity index (χ0) is 24.6. The smallest absolute Gasteiger partial charge is 0.395 e. The third-order valence-electron chi connectivity index (χ3n) is 6.64. The minimum Gasteiger partial charge on any atom is -0.395 e. The zero-order valence-electron chi connectivity index (χ0n) is 21.6. The monoisotopic (exact) mass is 486 g/mol. The Morgan fingerprint density at radius 3 is 1.44 bits per heavy atom. The molecular formula is C29H43O4P. The molecule has 0 fully saturated rings. The van der Waals surface area contributed by atoms with Crippen molar-refractivity contribution < 1.29 is 18.5 Å². The Morgan fingerprint density at radius 1 is 0.676 bits per heavy atom. The summed E-state index contributed by atoms with van der Waals surface area (Å²) in [7, 11) is -4.31. The van der Waals surface area contributed by atoms with Crippen LogP contribution < -0.4 is 9.05 Å². The van der Waals surface area contributed by atoms with Gasteiger partial charge in [-0.25, -0.2) is 4.57 Å². The van der Waals surface area contributed by atoms with Crippen LogP contribution in [0, 0.1) is 0 Å². The summed E-state index contributed by atoms with van der Waals surface area (Å²) in [5, 5.41) is 0. The van der Waals surface area contributed by atoms with Gasteiger partial charge in [0.05, 0.1) is 0 Å². The molecule has 1 N–H and O–H groups in total. The van der Waals surface area contributed by atoms with Crippen LogP contribution in [-0.4, -0.2) is 4.89 Å². The van der Waals surface area contributed by atoms with Crippen molar-refractivity contribution >= 4 is 7.82 Å². The van der Waals surface area contributed by atoms with E-state index >= 15 is 0 Å². The van der Waals surface area contributed by atoms with Gasteiger partial charge in [0.15, 0.2) is 0 Å². The molecule has 0 bridgehead atoms. The molecule has 34 heavy (non-hydrogen) atoms. The molecule has 0 amide bonds. The molecular weight excluding hydrogens is 443 g/mol. The summed E-state index contributed by atoms with van der Waals surface area (Å²) >= 11 is 0. The van der Waals surface area contributed by atoms with Crippen molar-refractivity contribution in [3.8, 4) is 11.5 Å². The second-order valence-corrected chi connectivity index (χ2v) is 11.0. The SMILES string of the molecule is CCCCc1cc(CCCC)c2c(c1)Cc1cc(CCCC)cc(CCCC)c1OP(=O)(O)O2. The first-order valence-electron chi connectivity index (χ1n) is 13.4. The highest BCUT2D eigenvalue weighted by molar-refractivity contribution is 7.48. The number of aryl methyl sites for hydroxylation is 4. The standard InChI is InChI=1S/C29H43O4P/c1-5-9-13-22-17-24(15-11-7-3)28-26(19-22)21-27-20-23(14-10-6-2)18-25(16-12-8-4)29(27)33-34(30,31)32-28/h17-20H,5-16,21H2,1-4H3,(H,30,31). The van der Waals surface area contributed by atoms with Crippen LogP contribution in [0.25, 0.3) is 0 Å². The summed E-state index contributed by atoms with van der Waals surface area (Å²) in [4.78, 5) is 10.8. The molecule has 5 heteroatoms. The number of phosphoric acid groups is 1. The Balaban J connectivity index is 2.15. The molecule has 0 unspecified atom stereocenters. The summed E-state index contributed by atoms with van der Waals surface area (Å²) < 4.78 is 24.8. The largest absolute Gasteiger partial charge is 0.584 e. The van der Waals surface area contributed by atoms with Crippen LogP contribution in [0.3, 0.4) is 0 Å². The van der Waals surface area contributed by atoms with E-state index in [4.69, 9.17) is 9.05 Å². The minimum atomic E-state index is -4.31. The average molecular weight is 487 g/mol. The molecule has 0 spiro atoms. The summed E-state index contributed by atoms with van der Waals surface area (Å²) in [6.07, 6.45) is 13.1. The van der Waals surface area contributed by atoms with Gasteiger partial charge in [-0.3, -0.25) is 4.89 Å². The summed E-state index contributed by atoms with van der Waals surface area (Å²) in [5.74, 6) is 1.11. The summed E-state index contributed by atoms with van der Waals surface area (Å²) in [6.45, 7) is 8.74. The van der Waals surface area contributed by atoms with Crippen molar-refractivity contribution in [2.45, 2.75) is 111 Å².